The van der Waals surface area contributed by atoms with Crippen LogP contribution in [0.2, 0.25) is 5.02 Å². The molecular formula is C16H20ClN3O. The fraction of sp³-hybridized carbons (Fsp3) is 0.500. The van der Waals surface area contributed by atoms with Gasteiger partial charge in [0.2, 0.25) is 5.91 Å². The molecule has 0 aromatic heterocycles. The molecule has 0 spiro atoms. The van der Waals surface area contributed by atoms with E-state index in [9.17, 15) is 4.79 Å². The normalized spacial score (nSPS) is 19.0. The lowest BCUT2D eigenvalue weighted by molar-refractivity contribution is -0.126. The molecule has 21 heavy (non-hydrogen) atoms. The number of halogens is 1. The number of nitrogens with one attached hydrogen (secondary N) is 1. The second-order valence-electron chi connectivity index (χ2n) is 5.36. The lowest BCUT2D eigenvalue weighted by Gasteiger charge is -2.31. The van der Waals surface area contributed by atoms with Gasteiger partial charge in [-0.2, -0.15) is 5.26 Å². The standard InChI is InChI=1S/C16H20ClN3O/c17-15-7-2-1-5-13(15)11-19-16(21)14-6-3-9-20(12-14)10-4-8-18/h1-2,5,7,14H,3-4,6,9-12H2,(H,19,21). The zero-order valence-electron chi connectivity index (χ0n) is 12.0. The number of nitrogens with zero attached hydrogens (tertiary/aromatic N) is 2. The molecule has 2 rings (SSSR count). The topological polar surface area (TPSA) is 56.1 Å². The summed E-state index contributed by atoms with van der Waals surface area (Å²) in [5, 5.41) is 12.3. The first kappa shape index (κ1) is 15.8. The van der Waals surface area contributed by atoms with Crippen molar-refractivity contribution in [2.24, 2.45) is 5.92 Å². The fourth-order valence-corrected chi connectivity index (χ4v) is 2.85. The van der Waals surface area contributed by atoms with Crippen molar-refractivity contribution < 1.29 is 4.79 Å². The van der Waals surface area contributed by atoms with Gasteiger partial charge in [-0.05, 0) is 31.0 Å². The summed E-state index contributed by atoms with van der Waals surface area (Å²) in [7, 11) is 0. The van der Waals surface area contributed by atoms with Gasteiger partial charge in [0.25, 0.3) is 0 Å². The molecule has 0 saturated carbocycles. The Morgan fingerprint density at radius 2 is 2.29 bits per heavy atom. The molecule has 1 aliphatic rings. The van der Waals surface area contributed by atoms with E-state index in [0.717, 1.165) is 38.0 Å². The molecular weight excluding hydrogens is 286 g/mol. The first-order valence-corrected chi connectivity index (χ1v) is 7.69. The van der Waals surface area contributed by atoms with Gasteiger partial charge in [0.15, 0.2) is 0 Å². The van der Waals surface area contributed by atoms with E-state index in [-0.39, 0.29) is 11.8 Å². The maximum absolute atomic E-state index is 12.3. The number of carbonyl (C=O) groups is 1. The molecule has 0 aliphatic carbocycles. The van der Waals surface area contributed by atoms with Gasteiger partial charge in [-0.1, -0.05) is 29.8 Å². The van der Waals surface area contributed by atoms with Crippen molar-refractivity contribution in [2.75, 3.05) is 19.6 Å². The Labute approximate surface area is 130 Å². The number of piperidine rings is 1. The number of likely N-dealkylation sites (tertiary alicyclic amines) is 1. The molecule has 1 aliphatic heterocycles. The van der Waals surface area contributed by atoms with Gasteiger partial charge >= 0.3 is 0 Å². The van der Waals surface area contributed by atoms with Gasteiger partial charge < -0.3 is 10.2 Å². The highest BCUT2D eigenvalue weighted by atomic mass is 35.5. The van der Waals surface area contributed by atoms with Crippen LogP contribution in [-0.4, -0.2) is 30.4 Å². The molecule has 4 nitrogen and oxygen atoms in total. The van der Waals surface area contributed by atoms with Crippen LogP contribution < -0.4 is 5.32 Å². The second kappa shape index (κ2) is 8.02. The minimum Gasteiger partial charge on any atom is -0.352 e. The van der Waals surface area contributed by atoms with Crippen LogP contribution in [0.5, 0.6) is 0 Å². The van der Waals surface area contributed by atoms with Crippen LogP contribution in [0.15, 0.2) is 24.3 Å². The largest absolute Gasteiger partial charge is 0.352 e. The molecule has 0 bridgehead atoms. The van der Waals surface area contributed by atoms with Gasteiger partial charge in [-0.3, -0.25) is 4.79 Å². The quantitative estimate of drug-likeness (QED) is 0.909. The van der Waals surface area contributed by atoms with Crippen LogP contribution in [-0.2, 0) is 11.3 Å². The summed E-state index contributed by atoms with van der Waals surface area (Å²) in [6.45, 7) is 2.95. The molecule has 1 amide bonds. The second-order valence-corrected chi connectivity index (χ2v) is 5.76. The average molecular weight is 306 g/mol. The maximum Gasteiger partial charge on any atom is 0.224 e. The highest BCUT2D eigenvalue weighted by Crippen LogP contribution is 2.18. The Morgan fingerprint density at radius 3 is 3.05 bits per heavy atom. The first-order valence-electron chi connectivity index (χ1n) is 7.31. The van der Waals surface area contributed by atoms with Gasteiger partial charge in [0.05, 0.1) is 12.0 Å². The molecule has 1 fully saturated rings. The van der Waals surface area contributed by atoms with Crippen LogP contribution in [0.4, 0.5) is 0 Å². The van der Waals surface area contributed by atoms with E-state index in [2.05, 4.69) is 16.3 Å². The van der Waals surface area contributed by atoms with E-state index in [1.807, 2.05) is 24.3 Å². The van der Waals surface area contributed by atoms with Crippen LogP contribution in [0.3, 0.4) is 0 Å². The summed E-state index contributed by atoms with van der Waals surface area (Å²) >= 11 is 6.08. The molecule has 5 heteroatoms. The number of carbonyl (C=O) groups excluding carboxylic acids is 1. The van der Waals surface area contributed by atoms with E-state index < -0.39 is 0 Å². The number of hydrogen-bond donors (Lipinski definition) is 1. The molecule has 0 radical (unpaired) electrons. The zero-order valence-corrected chi connectivity index (χ0v) is 12.8. The smallest absolute Gasteiger partial charge is 0.224 e. The Hall–Kier alpha value is -1.57. The van der Waals surface area contributed by atoms with Gasteiger partial charge in [0.1, 0.15) is 0 Å². The van der Waals surface area contributed by atoms with E-state index in [4.69, 9.17) is 16.9 Å². The van der Waals surface area contributed by atoms with Crippen molar-refractivity contribution in [1.82, 2.24) is 10.2 Å². The number of nitriles is 1. The maximum atomic E-state index is 12.3. The van der Waals surface area contributed by atoms with E-state index in [0.29, 0.717) is 18.0 Å². The SMILES string of the molecule is N#CCCN1CCCC(C(=O)NCc2ccccc2Cl)C1. The summed E-state index contributed by atoms with van der Waals surface area (Å²) in [6, 6.07) is 9.69. The third kappa shape index (κ3) is 4.73. The summed E-state index contributed by atoms with van der Waals surface area (Å²) in [5.74, 6) is 0.0940. The van der Waals surface area contributed by atoms with Gasteiger partial charge in [-0.15, -0.1) is 0 Å². The number of benzene rings is 1. The minimum atomic E-state index is 0.0138. The van der Waals surface area contributed by atoms with Crippen LogP contribution >= 0.6 is 11.6 Å². The van der Waals surface area contributed by atoms with Crippen molar-refractivity contribution in [1.29, 1.82) is 5.26 Å². The summed E-state index contributed by atoms with van der Waals surface area (Å²) in [5.41, 5.74) is 0.935. The van der Waals surface area contributed by atoms with Gasteiger partial charge in [-0.25, -0.2) is 0 Å². The average Bonchev–Trinajstić information content (AvgIpc) is 2.52. The van der Waals surface area contributed by atoms with E-state index in [1.54, 1.807) is 0 Å². The molecule has 1 heterocycles. The van der Waals surface area contributed by atoms with Crippen LogP contribution in [0.25, 0.3) is 0 Å². The Morgan fingerprint density at radius 1 is 1.48 bits per heavy atom. The van der Waals surface area contributed by atoms with Crippen molar-refractivity contribution >= 4 is 17.5 Å². The third-order valence-corrected chi connectivity index (χ3v) is 4.20. The summed E-state index contributed by atoms with van der Waals surface area (Å²) in [6.07, 6.45) is 2.45. The van der Waals surface area contributed by atoms with E-state index >= 15 is 0 Å². The molecule has 1 unspecified atom stereocenters. The monoisotopic (exact) mass is 305 g/mol. The van der Waals surface area contributed by atoms with Gasteiger partial charge in [0, 0.05) is 31.1 Å². The molecule has 112 valence electrons. The minimum absolute atomic E-state index is 0.0138. The van der Waals surface area contributed by atoms with Crippen molar-refractivity contribution in [2.45, 2.75) is 25.8 Å². The van der Waals surface area contributed by atoms with Crippen LogP contribution in [0.1, 0.15) is 24.8 Å². The Kier molecular flexibility index (Phi) is 6.04. The molecule has 1 saturated heterocycles. The van der Waals surface area contributed by atoms with E-state index in [1.165, 1.54) is 0 Å². The van der Waals surface area contributed by atoms with Crippen LogP contribution in [0, 0.1) is 17.2 Å². The fourth-order valence-electron chi connectivity index (χ4n) is 2.65. The lowest BCUT2D eigenvalue weighted by Crippen LogP contribution is -2.43. The van der Waals surface area contributed by atoms with Crippen molar-refractivity contribution in [3.63, 3.8) is 0 Å². The third-order valence-electron chi connectivity index (χ3n) is 3.83. The van der Waals surface area contributed by atoms with Crippen molar-refractivity contribution in [3.8, 4) is 6.07 Å². The highest BCUT2D eigenvalue weighted by molar-refractivity contribution is 6.31. The Balaban J connectivity index is 1.83. The lowest BCUT2D eigenvalue weighted by atomic mass is 9.97. The molecule has 1 aromatic rings. The number of rotatable bonds is 5. The molecule has 1 atom stereocenters. The Bertz CT molecular complexity index is 526. The first-order chi connectivity index (χ1) is 10.2. The highest BCUT2D eigenvalue weighted by Gasteiger charge is 2.25. The summed E-state index contributed by atoms with van der Waals surface area (Å²) in [4.78, 5) is 14.5. The number of amides is 1. The summed E-state index contributed by atoms with van der Waals surface area (Å²) < 4.78 is 0. The molecule has 1 aromatic carbocycles. The predicted molar refractivity (Wildman–Crippen MR) is 82.7 cm³/mol. The predicted octanol–water partition coefficient (Wildman–Crippen LogP) is 2.58. The number of hydrogen-bond acceptors (Lipinski definition) is 3. The zero-order chi connectivity index (χ0) is 15.1. The van der Waals surface area contributed by atoms with Crippen molar-refractivity contribution in [3.05, 3.63) is 34.9 Å². The molecule has 1 N–H and O–H groups in total.